The van der Waals surface area contributed by atoms with Crippen LogP contribution in [-0.4, -0.2) is 19.3 Å². The van der Waals surface area contributed by atoms with Gasteiger partial charge in [0.05, 0.1) is 0 Å². The third kappa shape index (κ3) is 2.87. The Hall–Kier alpha value is -0.510. The van der Waals surface area contributed by atoms with Gasteiger partial charge in [-0.15, -0.1) is 0 Å². The van der Waals surface area contributed by atoms with E-state index in [4.69, 9.17) is 0 Å². The molecule has 0 amide bonds. The SMILES string of the molecule is C/C=C/C(NC)C(F)(F)F. The minimum Gasteiger partial charge on any atom is -0.306 e. The molecule has 1 unspecified atom stereocenters. The van der Waals surface area contributed by atoms with E-state index in [2.05, 4.69) is 5.32 Å². The summed E-state index contributed by atoms with van der Waals surface area (Å²) in [5, 5.41) is 2.13. The van der Waals surface area contributed by atoms with Gasteiger partial charge in [-0.3, -0.25) is 0 Å². The van der Waals surface area contributed by atoms with Gasteiger partial charge in [0.2, 0.25) is 0 Å². The maximum atomic E-state index is 11.8. The van der Waals surface area contributed by atoms with Crippen molar-refractivity contribution in [3.63, 3.8) is 0 Å². The van der Waals surface area contributed by atoms with Gasteiger partial charge in [-0.2, -0.15) is 13.2 Å². The van der Waals surface area contributed by atoms with Crippen molar-refractivity contribution in [2.24, 2.45) is 0 Å². The van der Waals surface area contributed by atoms with Crippen molar-refractivity contribution < 1.29 is 13.2 Å². The maximum Gasteiger partial charge on any atom is 0.407 e. The van der Waals surface area contributed by atoms with Crippen molar-refractivity contribution in [2.45, 2.75) is 19.1 Å². The summed E-state index contributed by atoms with van der Waals surface area (Å²) in [6, 6.07) is -1.52. The van der Waals surface area contributed by atoms with Crippen LogP contribution in [-0.2, 0) is 0 Å². The number of hydrogen-bond acceptors (Lipinski definition) is 1. The molecule has 0 aromatic heterocycles. The molecule has 0 saturated heterocycles. The maximum absolute atomic E-state index is 11.8. The lowest BCUT2D eigenvalue weighted by Gasteiger charge is -2.14. The zero-order valence-corrected chi connectivity index (χ0v) is 5.87. The van der Waals surface area contributed by atoms with Gasteiger partial charge in [0.1, 0.15) is 6.04 Å². The fraction of sp³-hybridized carbons (Fsp3) is 0.667. The number of allylic oxidation sites excluding steroid dienone is 1. The summed E-state index contributed by atoms with van der Waals surface area (Å²) in [5.74, 6) is 0. The van der Waals surface area contributed by atoms with Crippen molar-refractivity contribution in [1.29, 1.82) is 0 Å². The molecule has 0 bridgehead atoms. The fourth-order valence-corrected chi connectivity index (χ4v) is 0.561. The van der Waals surface area contributed by atoms with Crippen LogP contribution in [0.1, 0.15) is 6.92 Å². The van der Waals surface area contributed by atoms with E-state index in [1.54, 1.807) is 6.92 Å². The predicted molar refractivity (Wildman–Crippen MR) is 33.7 cm³/mol. The third-order valence-corrected chi connectivity index (χ3v) is 1.05. The molecule has 0 aromatic rings. The Balaban J connectivity index is 4.07. The second-order valence-electron chi connectivity index (χ2n) is 1.83. The molecule has 4 heteroatoms. The van der Waals surface area contributed by atoms with Gasteiger partial charge in [-0.25, -0.2) is 0 Å². The molecule has 60 valence electrons. The number of nitrogens with one attached hydrogen (secondary N) is 1. The number of hydrogen-bond donors (Lipinski definition) is 1. The van der Waals surface area contributed by atoms with Crippen LogP contribution < -0.4 is 5.32 Å². The first kappa shape index (κ1) is 9.49. The van der Waals surface area contributed by atoms with Crippen molar-refractivity contribution >= 4 is 0 Å². The van der Waals surface area contributed by atoms with E-state index in [0.717, 1.165) is 6.08 Å². The van der Waals surface area contributed by atoms with E-state index in [9.17, 15) is 13.2 Å². The van der Waals surface area contributed by atoms with Crippen LogP contribution in [0.2, 0.25) is 0 Å². The average molecular weight is 153 g/mol. The number of likely N-dealkylation sites (N-methyl/N-ethyl adjacent to an activating group) is 1. The Morgan fingerprint density at radius 1 is 1.40 bits per heavy atom. The molecule has 0 saturated carbocycles. The molecule has 1 atom stereocenters. The molecule has 0 heterocycles. The van der Waals surface area contributed by atoms with Gasteiger partial charge >= 0.3 is 6.18 Å². The summed E-state index contributed by atoms with van der Waals surface area (Å²) >= 11 is 0. The van der Waals surface area contributed by atoms with Gasteiger partial charge < -0.3 is 5.32 Å². The van der Waals surface area contributed by atoms with E-state index < -0.39 is 12.2 Å². The van der Waals surface area contributed by atoms with Crippen LogP contribution in [0.15, 0.2) is 12.2 Å². The van der Waals surface area contributed by atoms with Gasteiger partial charge in [0.15, 0.2) is 0 Å². The minimum absolute atomic E-state index is 1.07. The molecule has 0 rings (SSSR count). The van der Waals surface area contributed by atoms with Gasteiger partial charge in [0.25, 0.3) is 0 Å². The molecule has 0 aliphatic rings. The zero-order valence-electron chi connectivity index (χ0n) is 5.87. The van der Waals surface area contributed by atoms with Gasteiger partial charge in [0, 0.05) is 0 Å². The minimum atomic E-state index is -4.18. The summed E-state index contributed by atoms with van der Waals surface area (Å²) in [4.78, 5) is 0. The van der Waals surface area contributed by atoms with Crippen LogP contribution in [0.4, 0.5) is 13.2 Å². The van der Waals surface area contributed by atoms with Crippen molar-refractivity contribution in [3.05, 3.63) is 12.2 Å². The Morgan fingerprint density at radius 2 is 1.90 bits per heavy atom. The highest BCUT2D eigenvalue weighted by Crippen LogP contribution is 2.20. The van der Waals surface area contributed by atoms with E-state index >= 15 is 0 Å². The molecule has 0 aromatic carbocycles. The Bertz CT molecular complexity index is 117. The lowest BCUT2D eigenvalue weighted by atomic mass is 10.2. The number of halogens is 3. The lowest BCUT2D eigenvalue weighted by Crippen LogP contribution is -2.38. The molecule has 0 aliphatic heterocycles. The third-order valence-electron chi connectivity index (χ3n) is 1.05. The summed E-state index contributed by atoms with van der Waals surface area (Å²) in [7, 11) is 1.28. The average Bonchev–Trinajstić information content (AvgIpc) is 1.80. The quantitative estimate of drug-likeness (QED) is 0.595. The van der Waals surface area contributed by atoms with Crippen molar-refractivity contribution in [2.75, 3.05) is 7.05 Å². The first-order valence-corrected chi connectivity index (χ1v) is 2.89. The van der Waals surface area contributed by atoms with E-state index in [-0.39, 0.29) is 0 Å². The smallest absolute Gasteiger partial charge is 0.306 e. The highest BCUT2D eigenvalue weighted by Gasteiger charge is 2.36. The first-order chi connectivity index (χ1) is 4.52. The summed E-state index contributed by atoms with van der Waals surface area (Å²) < 4.78 is 35.4. The first-order valence-electron chi connectivity index (χ1n) is 2.89. The molecule has 1 nitrogen and oxygen atoms in total. The van der Waals surface area contributed by atoms with Crippen LogP contribution in [0.5, 0.6) is 0 Å². The highest BCUT2D eigenvalue weighted by molar-refractivity contribution is 4.94. The van der Waals surface area contributed by atoms with Gasteiger partial charge in [-0.05, 0) is 14.0 Å². The largest absolute Gasteiger partial charge is 0.407 e. The molecule has 10 heavy (non-hydrogen) atoms. The number of alkyl halides is 3. The molecular formula is C6H10F3N. The standard InChI is InChI=1S/C6H10F3N/c1-3-4-5(10-2)6(7,8)9/h3-5,10H,1-2H3/b4-3+. The van der Waals surface area contributed by atoms with Crippen molar-refractivity contribution in [1.82, 2.24) is 5.32 Å². The topological polar surface area (TPSA) is 12.0 Å². The Kier molecular flexibility index (Phi) is 3.42. The van der Waals surface area contributed by atoms with Crippen LogP contribution in [0.25, 0.3) is 0 Å². The van der Waals surface area contributed by atoms with Crippen LogP contribution in [0, 0.1) is 0 Å². The molecular weight excluding hydrogens is 143 g/mol. The van der Waals surface area contributed by atoms with E-state index in [1.807, 2.05) is 0 Å². The van der Waals surface area contributed by atoms with Crippen LogP contribution in [0.3, 0.4) is 0 Å². The zero-order chi connectivity index (χ0) is 8.20. The monoisotopic (exact) mass is 153 g/mol. The Morgan fingerprint density at radius 3 is 2.00 bits per heavy atom. The highest BCUT2D eigenvalue weighted by atomic mass is 19.4. The molecule has 0 aliphatic carbocycles. The normalized spacial score (nSPS) is 16.1. The second-order valence-corrected chi connectivity index (χ2v) is 1.83. The molecule has 0 radical (unpaired) electrons. The van der Waals surface area contributed by atoms with Crippen LogP contribution >= 0.6 is 0 Å². The molecule has 1 N–H and O–H groups in total. The lowest BCUT2D eigenvalue weighted by molar-refractivity contribution is -0.143. The summed E-state index contributed by atoms with van der Waals surface area (Å²) in [6.45, 7) is 1.55. The fourth-order valence-electron chi connectivity index (χ4n) is 0.561. The predicted octanol–water partition coefficient (Wildman–Crippen LogP) is 1.71. The van der Waals surface area contributed by atoms with Crippen molar-refractivity contribution in [3.8, 4) is 0 Å². The molecule has 0 spiro atoms. The summed E-state index contributed by atoms with van der Waals surface area (Å²) in [5.41, 5.74) is 0. The van der Waals surface area contributed by atoms with E-state index in [1.165, 1.54) is 13.1 Å². The van der Waals surface area contributed by atoms with E-state index in [0.29, 0.717) is 0 Å². The van der Waals surface area contributed by atoms with Gasteiger partial charge in [-0.1, -0.05) is 12.2 Å². The Labute approximate surface area is 57.9 Å². The number of rotatable bonds is 2. The summed E-state index contributed by atoms with van der Waals surface area (Å²) in [6.07, 6.45) is -1.74. The second kappa shape index (κ2) is 3.61. The molecule has 0 fully saturated rings.